The van der Waals surface area contributed by atoms with Crippen LogP contribution in [0, 0.1) is 0 Å². The maximum atomic E-state index is 10.5. The summed E-state index contributed by atoms with van der Waals surface area (Å²) in [5, 5.41) is 12.7. The van der Waals surface area contributed by atoms with E-state index >= 15 is 0 Å². The highest BCUT2D eigenvalue weighted by Gasteiger charge is 2.03. The number of hydrogen-bond acceptors (Lipinski definition) is 3. The van der Waals surface area contributed by atoms with Crippen molar-refractivity contribution >= 4 is 5.97 Å². The van der Waals surface area contributed by atoms with Crippen molar-refractivity contribution < 1.29 is 9.90 Å². The molecule has 0 aliphatic heterocycles. The summed E-state index contributed by atoms with van der Waals surface area (Å²) < 4.78 is 1.75. The SMILES string of the molecule is O=C(O)c1ccc(Cn2cccn2)cn1. The molecule has 2 rings (SSSR count). The average molecular weight is 203 g/mol. The van der Waals surface area contributed by atoms with Crippen LogP contribution >= 0.6 is 0 Å². The monoisotopic (exact) mass is 203 g/mol. The first kappa shape index (κ1) is 9.39. The Bertz CT molecular complexity index is 448. The smallest absolute Gasteiger partial charge is 0.354 e. The van der Waals surface area contributed by atoms with Gasteiger partial charge < -0.3 is 5.11 Å². The molecule has 0 saturated heterocycles. The van der Waals surface area contributed by atoms with Crippen LogP contribution in [-0.4, -0.2) is 25.8 Å². The molecular formula is C10H9N3O2. The summed E-state index contributed by atoms with van der Waals surface area (Å²) in [6.45, 7) is 0.597. The molecule has 0 aliphatic rings. The highest BCUT2D eigenvalue weighted by Crippen LogP contribution is 2.02. The molecule has 2 aromatic rings. The number of carbonyl (C=O) groups is 1. The molecule has 76 valence electrons. The van der Waals surface area contributed by atoms with Crippen molar-refractivity contribution in [3.63, 3.8) is 0 Å². The molecule has 0 aromatic carbocycles. The molecule has 0 amide bonds. The highest BCUT2D eigenvalue weighted by atomic mass is 16.4. The van der Waals surface area contributed by atoms with E-state index in [1.807, 2.05) is 12.3 Å². The van der Waals surface area contributed by atoms with Gasteiger partial charge in [0.2, 0.25) is 0 Å². The van der Waals surface area contributed by atoms with Gasteiger partial charge in [-0.15, -0.1) is 0 Å². The van der Waals surface area contributed by atoms with E-state index in [1.165, 1.54) is 6.07 Å². The Morgan fingerprint density at radius 2 is 2.33 bits per heavy atom. The fourth-order valence-corrected chi connectivity index (χ4v) is 1.23. The standard InChI is InChI=1S/C10H9N3O2/c14-10(15)9-3-2-8(6-11-9)7-13-5-1-4-12-13/h1-6H,7H2,(H,14,15). The minimum atomic E-state index is -1.01. The Hall–Kier alpha value is -2.17. The average Bonchev–Trinajstić information content (AvgIpc) is 2.71. The second-order valence-corrected chi connectivity index (χ2v) is 3.06. The largest absolute Gasteiger partial charge is 0.477 e. The Morgan fingerprint density at radius 1 is 1.47 bits per heavy atom. The van der Waals surface area contributed by atoms with E-state index in [9.17, 15) is 4.79 Å². The van der Waals surface area contributed by atoms with E-state index in [0.717, 1.165) is 5.56 Å². The Kier molecular flexibility index (Phi) is 2.45. The Morgan fingerprint density at radius 3 is 2.87 bits per heavy atom. The van der Waals surface area contributed by atoms with Crippen LogP contribution in [0.3, 0.4) is 0 Å². The van der Waals surface area contributed by atoms with Crippen molar-refractivity contribution in [1.29, 1.82) is 0 Å². The summed E-state index contributed by atoms with van der Waals surface area (Å²) in [5.41, 5.74) is 0.975. The molecule has 0 spiro atoms. The van der Waals surface area contributed by atoms with Gasteiger partial charge in [0.1, 0.15) is 5.69 Å². The van der Waals surface area contributed by atoms with Crippen LogP contribution in [0.1, 0.15) is 16.1 Å². The summed E-state index contributed by atoms with van der Waals surface area (Å²) >= 11 is 0. The van der Waals surface area contributed by atoms with Crippen molar-refractivity contribution in [2.75, 3.05) is 0 Å². The number of hydrogen-bond donors (Lipinski definition) is 1. The lowest BCUT2D eigenvalue weighted by atomic mass is 10.2. The molecule has 0 saturated carbocycles. The summed E-state index contributed by atoms with van der Waals surface area (Å²) in [4.78, 5) is 14.4. The van der Waals surface area contributed by atoms with Crippen LogP contribution in [-0.2, 0) is 6.54 Å². The predicted molar refractivity (Wildman–Crippen MR) is 52.5 cm³/mol. The van der Waals surface area contributed by atoms with Gasteiger partial charge in [-0.25, -0.2) is 9.78 Å². The van der Waals surface area contributed by atoms with Crippen LogP contribution in [0.25, 0.3) is 0 Å². The van der Waals surface area contributed by atoms with Gasteiger partial charge in [0.15, 0.2) is 0 Å². The lowest BCUT2D eigenvalue weighted by Crippen LogP contribution is -2.03. The van der Waals surface area contributed by atoms with Gasteiger partial charge in [-0.2, -0.15) is 5.10 Å². The molecule has 0 radical (unpaired) electrons. The molecule has 2 aromatic heterocycles. The molecule has 15 heavy (non-hydrogen) atoms. The van der Waals surface area contributed by atoms with E-state index in [2.05, 4.69) is 10.1 Å². The summed E-state index contributed by atoms with van der Waals surface area (Å²) in [5.74, 6) is -1.01. The van der Waals surface area contributed by atoms with Crippen LogP contribution in [0.2, 0.25) is 0 Å². The lowest BCUT2D eigenvalue weighted by Gasteiger charge is -2.01. The summed E-state index contributed by atoms with van der Waals surface area (Å²) in [7, 11) is 0. The highest BCUT2D eigenvalue weighted by molar-refractivity contribution is 5.85. The molecular weight excluding hydrogens is 194 g/mol. The predicted octanol–water partition coefficient (Wildman–Crippen LogP) is 1.02. The zero-order valence-corrected chi connectivity index (χ0v) is 7.87. The number of pyridine rings is 1. The topological polar surface area (TPSA) is 68.0 Å². The first-order valence-electron chi connectivity index (χ1n) is 4.41. The van der Waals surface area contributed by atoms with Crippen molar-refractivity contribution in [2.45, 2.75) is 6.54 Å². The van der Waals surface area contributed by atoms with Crippen molar-refractivity contribution in [3.8, 4) is 0 Å². The van der Waals surface area contributed by atoms with Crippen LogP contribution in [0.4, 0.5) is 0 Å². The molecule has 0 aliphatic carbocycles. The van der Waals surface area contributed by atoms with Gasteiger partial charge in [0, 0.05) is 18.6 Å². The zero-order chi connectivity index (χ0) is 10.7. The number of nitrogens with zero attached hydrogens (tertiary/aromatic N) is 3. The zero-order valence-electron chi connectivity index (χ0n) is 7.87. The van der Waals surface area contributed by atoms with Crippen molar-refractivity contribution in [1.82, 2.24) is 14.8 Å². The van der Waals surface area contributed by atoms with Crippen LogP contribution in [0.15, 0.2) is 36.8 Å². The van der Waals surface area contributed by atoms with Gasteiger partial charge >= 0.3 is 5.97 Å². The van der Waals surface area contributed by atoms with Gasteiger partial charge in [-0.1, -0.05) is 6.07 Å². The van der Waals surface area contributed by atoms with Crippen molar-refractivity contribution in [3.05, 3.63) is 48.0 Å². The van der Waals surface area contributed by atoms with E-state index in [0.29, 0.717) is 6.54 Å². The molecule has 0 unspecified atom stereocenters. The van der Waals surface area contributed by atoms with E-state index in [1.54, 1.807) is 23.1 Å². The maximum Gasteiger partial charge on any atom is 0.354 e. The minimum Gasteiger partial charge on any atom is -0.477 e. The number of rotatable bonds is 3. The Balaban J connectivity index is 2.14. The molecule has 5 nitrogen and oxygen atoms in total. The first-order chi connectivity index (χ1) is 7.25. The summed E-state index contributed by atoms with van der Waals surface area (Å²) in [6, 6.07) is 5.05. The van der Waals surface area contributed by atoms with E-state index < -0.39 is 5.97 Å². The number of aromatic carboxylic acids is 1. The van der Waals surface area contributed by atoms with Gasteiger partial charge in [0.05, 0.1) is 6.54 Å². The quantitative estimate of drug-likeness (QED) is 0.808. The fraction of sp³-hybridized carbons (Fsp3) is 0.100. The molecule has 0 fully saturated rings. The summed E-state index contributed by atoms with van der Waals surface area (Å²) in [6.07, 6.45) is 5.08. The molecule has 2 heterocycles. The molecule has 5 heteroatoms. The van der Waals surface area contributed by atoms with Crippen LogP contribution in [0.5, 0.6) is 0 Å². The second kappa shape index (κ2) is 3.91. The number of aromatic nitrogens is 3. The number of carboxylic acids is 1. The van der Waals surface area contributed by atoms with Gasteiger partial charge in [-0.05, 0) is 17.7 Å². The first-order valence-corrected chi connectivity index (χ1v) is 4.41. The normalized spacial score (nSPS) is 10.1. The fourth-order valence-electron chi connectivity index (χ4n) is 1.23. The number of carboxylic acid groups (broad SMARTS) is 1. The minimum absolute atomic E-state index is 0.0548. The third-order valence-corrected chi connectivity index (χ3v) is 1.95. The van der Waals surface area contributed by atoms with Crippen molar-refractivity contribution in [2.24, 2.45) is 0 Å². The van der Waals surface area contributed by atoms with Gasteiger partial charge in [0.25, 0.3) is 0 Å². The third kappa shape index (κ3) is 2.19. The van der Waals surface area contributed by atoms with E-state index in [-0.39, 0.29) is 5.69 Å². The third-order valence-electron chi connectivity index (χ3n) is 1.95. The molecule has 0 bridgehead atoms. The maximum absolute atomic E-state index is 10.5. The van der Waals surface area contributed by atoms with Crippen LogP contribution < -0.4 is 0 Å². The second-order valence-electron chi connectivity index (χ2n) is 3.06. The van der Waals surface area contributed by atoms with Gasteiger partial charge in [-0.3, -0.25) is 4.68 Å². The molecule has 0 atom stereocenters. The molecule has 1 N–H and O–H groups in total. The van der Waals surface area contributed by atoms with E-state index in [4.69, 9.17) is 5.11 Å². The Labute approximate surface area is 86.0 Å². The lowest BCUT2D eigenvalue weighted by molar-refractivity contribution is 0.0690.